The molecule has 1 saturated heterocycles. The Kier molecular flexibility index (Phi) is 5.32. The SMILES string of the molecule is CC1(c2cccc([N+](=O)[O-])c2)NC(=O)N(CC(=O)N2c3ccccc3CCc3ccccc32)C1=O. The summed E-state index contributed by atoms with van der Waals surface area (Å²) in [6.07, 6.45) is 1.51. The van der Waals surface area contributed by atoms with Crippen molar-refractivity contribution in [2.45, 2.75) is 25.3 Å². The molecule has 4 amide bonds. The predicted octanol–water partition coefficient (Wildman–Crippen LogP) is 3.83. The van der Waals surface area contributed by atoms with E-state index >= 15 is 0 Å². The third-order valence-corrected chi connectivity index (χ3v) is 6.58. The minimum Gasteiger partial charge on any atom is -0.319 e. The first-order valence-electron chi connectivity index (χ1n) is 11.2. The number of hydrogen-bond acceptors (Lipinski definition) is 5. The molecule has 0 bridgehead atoms. The molecule has 2 heterocycles. The van der Waals surface area contributed by atoms with Gasteiger partial charge < -0.3 is 5.32 Å². The van der Waals surface area contributed by atoms with Gasteiger partial charge in [-0.2, -0.15) is 0 Å². The number of amides is 4. The standard InChI is InChI=1S/C26H22N4O5/c1-26(19-9-6-10-20(15-19)30(34)35)24(32)28(25(33)27-26)16-23(31)29-21-11-4-2-7-17(21)13-14-18-8-3-5-12-22(18)29/h2-12,15H,13-14,16H2,1H3,(H,27,33). The number of urea groups is 1. The number of nitrogens with one attached hydrogen (secondary N) is 1. The molecule has 35 heavy (non-hydrogen) atoms. The number of non-ortho nitro benzene ring substituents is 1. The highest BCUT2D eigenvalue weighted by Crippen LogP contribution is 2.37. The number of carbonyl (C=O) groups is 3. The maximum absolute atomic E-state index is 13.7. The van der Waals surface area contributed by atoms with Gasteiger partial charge >= 0.3 is 6.03 Å². The number of rotatable bonds is 4. The highest BCUT2D eigenvalue weighted by atomic mass is 16.6. The molecule has 1 N–H and O–H groups in total. The summed E-state index contributed by atoms with van der Waals surface area (Å²) in [7, 11) is 0. The van der Waals surface area contributed by atoms with Crippen LogP contribution in [0, 0.1) is 10.1 Å². The summed E-state index contributed by atoms with van der Waals surface area (Å²) in [5.41, 5.74) is 1.97. The number of fused-ring (bicyclic) bond motifs is 2. The molecule has 3 aromatic rings. The molecular weight excluding hydrogens is 448 g/mol. The molecule has 9 nitrogen and oxygen atoms in total. The molecule has 3 aromatic carbocycles. The van der Waals surface area contributed by atoms with Crippen LogP contribution in [0.2, 0.25) is 0 Å². The number of nitro groups is 1. The van der Waals surface area contributed by atoms with Gasteiger partial charge in [0.1, 0.15) is 12.1 Å². The van der Waals surface area contributed by atoms with E-state index in [1.165, 1.54) is 31.2 Å². The van der Waals surface area contributed by atoms with Crippen LogP contribution in [-0.4, -0.2) is 34.2 Å². The number of nitrogens with zero attached hydrogens (tertiary/aromatic N) is 3. The third-order valence-electron chi connectivity index (χ3n) is 6.58. The van der Waals surface area contributed by atoms with E-state index in [-0.39, 0.29) is 11.3 Å². The van der Waals surface area contributed by atoms with Gasteiger partial charge in [0, 0.05) is 12.1 Å². The number of nitro benzene ring substituents is 1. The van der Waals surface area contributed by atoms with Gasteiger partial charge in [0.05, 0.1) is 16.3 Å². The lowest BCUT2D eigenvalue weighted by Crippen LogP contribution is -2.43. The second kappa shape index (κ2) is 8.35. The van der Waals surface area contributed by atoms with Crippen LogP contribution in [0.1, 0.15) is 23.6 Å². The van der Waals surface area contributed by atoms with E-state index in [1.54, 1.807) is 4.90 Å². The molecule has 0 aromatic heterocycles. The zero-order valence-electron chi connectivity index (χ0n) is 18.9. The highest BCUT2D eigenvalue weighted by molar-refractivity contribution is 6.12. The summed E-state index contributed by atoms with van der Waals surface area (Å²) in [6, 6.07) is 20.0. The van der Waals surface area contributed by atoms with Crippen molar-refractivity contribution in [1.82, 2.24) is 10.2 Å². The number of anilines is 2. The van der Waals surface area contributed by atoms with Gasteiger partial charge in [-0.05, 0) is 48.6 Å². The Morgan fingerprint density at radius 2 is 1.57 bits per heavy atom. The van der Waals surface area contributed by atoms with Crippen molar-refractivity contribution in [3.8, 4) is 0 Å². The van der Waals surface area contributed by atoms with Gasteiger partial charge in [0.25, 0.3) is 17.5 Å². The Labute approximate surface area is 201 Å². The first-order valence-corrected chi connectivity index (χ1v) is 11.2. The number of hydrogen-bond donors (Lipinski definition) is 1. The van der Waals surface area contributed by atoms with E-state index in [0.29, 0.717) is 0 Å². The Balaban J connectivity index is 1.48. The van der Waals surface area contributed by atoms with Gasteiger partial charge in [-0.15, -0.1) is 0 Å². The normalized spacial score (nSPS) is 19.0. The van der Waals surface area contributed by atoms with Gasteiger partial charge in [-0.25, -0.2) is 4.79 Å². The lowest BCUT2D eigenvalue weighted by Gasteiger charge is -2.27. The predicted molar refractivity (Wildman–Crippen MR) is 128 cm³/mol. The number of aryl methyl sites for hydroxylation is 2. The quantitative estimate of drug-likeness (QED) is 0.354. The van der Waals surface area contributed by atoms with E-state index in [4.69, 9.17) is 0 Å². The van der Waals surface area contributed by atoms with Crippen molar-refractivity contribution in [3.63, 3.8) is 0 Å². The van der Waals surface area contributed by atoms with Gasteiger partial charge in [-0.3, -0.25) is 29.5 Å². The fraction of sp³-hybridized carbons (Fsp3) is 0.192. The van der Waals surface area contributed by atoms with Crippen molar-refractivity contribution >= 4 is 34.9 Å². The smallest absolute Gasteiger partial charge is 0.319 e. The van der Waals surface area contributed by atoms with Crippen molar-refractivity contribution in [2.24, 2.45) is 0 Å². The fourth-order valence-corrected chi connectivity index (χ4v) is 4.72. The van der Waals surface area contributed by atoms with E-state index in [1.807, 2.05) is 48.5 Å². The fourth-order valence-electron chi connectivity index (χ4n) is 4.72. The number of para-hydroxylation sites is 2. The van der Waals surface area contributed by atoms with Crippen molar-refractivity contribution in [1.29, 1.82) is 0 Å². The number of imide groups is 1. The Bertz CT molecular complexity index is 1340. The third kappa shape index (κ3) is 3.71. The molecule has 1 unspecified atom stereocenters. The second-order valence-electron chi connectivity index (χ2n) is 8.74. The van der Waals surface area contributed by atoms with Gasteiger partial charge in [0.2, 0.25) is 0 Å². The van der Waals surface area contributed by atoms with Crippen LogP contribution in [-0.2, 0) is 28.0 Å². The molecule has 2 aliphatic heterocycles. The maximum Gasteiger partial charge on any atom is 0.325 e. The topological polar surface area (TPSA) is 113 Å². The average molecular weight is 470 g/mol. The van der Waals surface area contributed by atoms with E-state index in [2.05, 4.69) is 5.32 Å². The van der Waals surface area contributed by atoms with Gasteiger partial charge in [-0.1, -0.05) is 48.5 Å². The first-order chi connectivity index (χ1) is 16.8. The summed E-state index contributed by atoms with van der Waals surface area (Å²) in [6.45, 7) is 1.01. The van der Waals surface area contributed by atoms with Gasteiger partial charge in [0.15, 0.2) is 0 Å². The Morgan fingerprint density at radius 3 is 2.17 bits per heavy atom. The van der Waals surface area contributed by atoms with Crippen LogP contribution in [0.3, 0.4) is 0 Å². The van der Waals surface area contributed by atoms with E-state index in [9.17, 15) is 24.5 Å². The second-order valence-corrected chi connectivity index (χ2v) is 8.74. The summed E-state index contributed by atoms with van der Waals surface area (Å²) in [5, 5.41) is 13.8. The summed E-state index contributed by atoms with van der Waals surface area (Å²) in [5.74, 6) is -1.08. The minimum absolute atomic E-state index is 0.196. The summed E-state index contributed by atoms with van der Waals surface area (Å²) in [4.78, 5) is 53.0. The molecule has 0 saturated carbocycles. The lowest BCUT2D eigenvalue weighted by atomic mass is 9.91. The van der Waals surface area contributed by atoms with Crippen LogP contribution in [0.15, 0.2) is 72.8 Å². The largest absolute Gasteiger partial charge is 0.325 e. The molecule has 2 aliphatic rings. The zero-order valence-corrected chi connectivity index (χ0v) is 18.9. The zero-order chi connectivity index (χ0) is 24.7. The molecule has 0 aliphatic carbocycles. The molecule has 9 heteroatoms. The lowest BCUT2D eigenvalue weighted by molar-refractivity contribution is -0.385. The molecule has 1 fully saturated rings. The molecule has 176 valence electrons. The molecule has 5 rings (SSSR count). The Morgan fingerprint density at radius 1 is 0.971 bits per heavy atom. The number of carbonyl (C=O) groups excluding carboxylic acids is 3. The Hall–Kier alpha value is -4.53. The highest BCUT2D eigenvalue weighted by Gasteiger charge is 2.50. The minimum atomic E-state index is -1.53. The van der Waals surface area contributed by atoms with Crippen LogP contribution in [0.25, 0.3) is 0 Å². The monoisotopic (exact) mass is 470 g/mol. The molecular formula is C26H22N4O5. The first kappa shape index (κ1) is 22.3. The van der Waals surface area contributed by atoms with Crippen LogP contribution in [0.5, 0.6) is 0 Å². The van der Waals surface area contributed by atoms with E-state index in [0.717, 1.165) is 40.2 Å². The van der Waals surface area contributed by atoms with Crippen LogP contribution < -0.4 is 10.2 Å². The molecule has 0 radical (unpaired) electrons. The number of benzene rings is 3. The molecule has 0 spiro atoms. The van der Waals surface area contributed by atoms with Crippen molar-refractivity contribution < 1.29 is 19.3 Å². The van der Waals surface area contributed by atoms with Crippen LogP contribution >= 0.6 is 0 Å². The van der Waals surface area contributed by atoms with Crippen molar-refractivity contribution in [3.05, 3.63) is 99.6 Å². The van der Waals surface area contributed by atoms with Crippen LogP contribution in [0.4, 0.5) is 21.9 Å². The maximum atomic E-state index is 13.7. The summed E-state index contributed by atoms with van der Waals surface area (Å²) >= 11 is 0. The van der Waals surface area contributed by atoms with Crippen molar-refractivity contribution in [2.75, 3.05) is 11.4 Å². The molecule has 1 atom stereocenters. The van der Waals surface area contributed by atoms with E-state index < -0.39 is 34.9 Å². The summed E-state index contributed by atoms with van der Waals surface area (Å²) < 4.78 is 0. The average Bonchev–Trinajstić information content (AvgIpc) is 2.99.